The van der Waals surface area contributed by atoms with Gasteiger partial charge in [0.15, 0.2) is 0 Å². The Balaban J connectivity index is 2.10. The van der Waals surface area contributed by atoms with E-state index in [9.17, 15) is 4.79 Å². The second-order valence-electron chi connectivity index (χ2n) is 3.06. The molecule has 2 heterocycles. The first-order chi connectivity index (χ1) is 4.88. The lowest BCUT2D eigenvalue weighted by Crippen LogP contribution is -2.48. The van der Waals surface area contributed by atoms with Crippen LogP contribution in [0.15, 0.2) is 0 Å². The van der Waals surface area contributed by atoms with E-state index in [-0.39, 0.29) is 11.9 Å². The highest BCUT2D eigenvalue weighted by molar-refractivity contribution is 5.83. The number of hydrogen-bond donors (Lipinski definition) is 2. The molecular weight excluding hydrogens is 128 g/mol. The summed E-state index contributed by atoms with van der Waals surface area (Å²) < 4.78 is 0. The summed E-state index contributed by atoms with van der Waals surface area (Å²) in [6.45, 7) is 1.89. The minimum atomic E-state index is 0.133. The van der Waals surface area contributed by atoms with Crippen molar-refractivity contribution in [2.45, 2.75) is 18.9 Å². The molecule has 0 unspecified atom stereocenters. The summed E-state index contributed by atoms with van der Waals surface area (Å²) in [5.74, 6) is 0.822. The third kappa shape index (κ3) is 0.814. The van der Waals surface area contributed by atoms with Gasteiger partial charge in [-0.3, -0.25) is 4.79 Å². The number of fused-ring (bicyclic) bond motifs is 1. The van der Waals surface area contributed by atoms with Crippen LogP contribution in [-0.2, 0) is 4.79 Å². The SMILES string of the molecule is O=C1NCC[C@@H]2CCN[C@H]12. The van der Waals surface area contributed by atoms with Crippen LogP contribution in [0.4, 0.5) is 0 Å². The van der Waals surface area contributed by atoms with Crippen molar-refractivity contribution in [2.24, 2.45) is 5.92 Å². The molecule has 1 amide bonds. The molecule has 2 aliphatic heterocycles. The molecule has 0 bridgehead atoms. The van der Waals surface area contributed by atoms with E-state index in [1.165, 1.54) is 6.42 Å². The Bertz CT molecular complexity index is 158. The molecule has 0 saturated carbocycles. The molecule has 10 heavy (non-hydrogen) atoms. The number of hydrogen-bond acceptors (Lipinski definition) is 2. The molecule has 0 radical (unpaired) electrons. The first-order valence-corrected chi connectivity index (χ1v) is 3.89. The maximum atomic E-state index is 11.1. The van der Waals surface area contributed by atoms with Gasteiger partial charge in [0.25, 0.3) is 0 Å². The zero-order chi connectivity index (χ0) is 6.97. The molecule has 3 nitrogen and oxygen atoms in total. The molecule has 0 aromatic rings. The first kappa shape index (κ1) is 6.16. The Morgan fingerprint density at radius 2 is 2.10 bits per heavy atom. The molecule has 2 aliphatic rings. The van der Waals surface area contributed by atoms with Gasteiger partial charge in [-0.25, -0.2) is 0 Å². The molecule has 2 atom stereocenters. The summed E-state index contributed by atoms with van der Waals surface area (Å²) in [4.78, 5) is 11.1. The lowest BCUT2D eigenvalue weighted by Gasteiger charge is -2.24. The molecule has 56 valence electrons. The van der Waals surface area contributed by atoms with Gasteiger partial charge in [0.1, 0.15) is 0 Å². The van der Waals surface area contributed by atoms with Gasteiger partial charge in [0.2, 0.25) is 5.91 Å². The quantitative estimate of drug-likeness (QED) is 0.475. The fraction of sp³-hybridized carbons (Fsp3) is 0.857. The van der Waals surface area contributed by atoms with E-state index < -0.39 is 0 Å². The second kappa shape index (κ2) is 2.23. The van der Waals surface area contributed by atoms with Gasteiger partial charge < -0.3 is 10.6 Å². The summed E-state index contributed by atoms with van der Waals surface area (Å²) in [6.07, 6.45) is 2.33. The van der Waals surface area contributed by atoms with Crippen LogP contribution in [0.1, 0.15) is 12.8 Å². The predicted molar refractivity (Wildman–Crippen MR) is 37.5 cm³/mol. The summed E-state index contributed by atoms with van der Waals surface area (Å²) in [5.41, 5.74) is 0. The number of rotatable bonds is 0. The topological polar surface area (TPSA) is 41.1 Å². The monoisotopic (exact) mass is 140 g/mol. The Kier molecular flexibility index (Phi) is 1.38. The number of carbonyl (C=O) groups excluding carboxylic acids is 1. The van der Waals surface area contributed by atoms with Gasteiger partial charge >= 0.3 is 0 Å². The van der Waals surface area contributed by atoms with Crippen LogP contribution in [0.3, 0.4) is 0 Å². The van der Waals surface area contributed by atoms with Crippen molar-refractivity contribution in [1.29, 1.82) is 0 Å². The van der Waals surface area contributed by atoms with Crippen molar-refractivity contribution >= 4 is 5.91 Å². The fourth-order valence-electron chi connectivity index (χ4n) is 1.87. The Hall–Kier alpha value is -0.570. The first-order valence-electron chi connectivity index (χ1n) is 3.89. The van der Waals surface area contributed by atoms with E-state index in [0.717, 1.165) is 19.5 Å². The Labute approximate surface area is 60.2 Å². The van der Waals surface area contributed by atoms with Crippen LogP contribution in [0.25, 0.3) is 0 Å². The van der Waals surface area contributed by atoms with Gasteiger partial charge in [0.05, 0.1) is 6.04 Å². The lowest BCUT2D eigenvalue weighted by molar-refractivity contribution is -0.125. The van der Waals surface area contributed by atoms with Crippen LogP contribution in [0, 0.1) is 5.92 Å². The summed E-state index contributed by atoms with van der Waals surface area (Å²) in [7, 11) is 0. The molecule has 3 heteroatoms. The van der Waals surface area contributed by atoms with Crippen LogP contribution < -0.4 is 10.6 Å². The van der Waals surface area contributed by atoms with Crippen LogP contribution in [0.2, 0.25) is 0 Å². The van der Waals surface area contributed by atoms with Crippen LogP contribution >= 0.6 is 0 Å². The van der Waals surface area contributed by atoms with E-state index in [1.807, 2.05) is 0 Å². The van der Waals surface area contributed by atoms with Crippen molar-refractivity contribution < 1.29 is 4.79 Å². The number of amides is 1. The smallest absolute Gasteiger partial charge is 0.237 e. The fourth-order valence-corrected chi connectivity index (χ4v) is 1.87. The molecule has 0 spiro atoms. The number of piperidine rings is 1. The van der Waals surface area contributed by atoms with E-state index in [0.29, 0.717) is 5.92 Å². The summed E-state index contributed by atoms with van der Waals surface area (Å²) in [5, 5.41) is 6.05. The molecule has 0 aromatic carbocycles. The van der Waals surface area contributed by atoms with Crippen molar-refractivity contribution in [2.75, 3.05) is 13.1 Å². The second-order valence-corrected chi connectivity index (χ2v) is 3.06. The van der Waals surface area contributed by atoms with E-state index >= 15 is 0 Å². The van der Waals surface area contributed by atoms with Gasteiger partial charge in [-0.15, -0.1) is 0 Å². The average Bonchev–Trinajstić information content (AvgIpc) is 2.36. The van der Waals surface area contributed by atoms with Gasteiger partial charge in [0, 0.05) is 6.54 Å². The van der Waals surface area contributed by atoms with Crippen molar-refractivity contribution in [3.8, 4) is 0 Å². The van der Waals surface area contributed by atoms with Gasteiger partial charge in [-0.05, 0) is 25.3 Å². The molecule has 0 aromatic heterocycles. The lowest BCUT2D eigenvalue weighted by atomic mass is 9.93. The van der Waals surface area contributed by atoms with E-state index in [2.05, 4.69) is 10.6 Å². The highest BCUT2D eigenvalue weighted by atomic mass is 16.2. The van der Waals surface area contributed by atoms with Gasteiger partial charge in [-0.2, -0.15) is 0 Å². The minimum Gasteiger partial charge on any atom is -0.355 e. The molecule has 2 N–H and O–H groups in total. The molecule has 0 aliphatic carbocycles. The van der Waals surface area contributed by atoms with Gasteiger partial charge in [-0.1, -0.05) is 0 Å². The average molecular weight is 140 g/mol. The number of carbonyl (C=O) groups is 1. The third-order valence-corrected chi connectivity index (χ3v) is 2.45. The third-order valence-electron chi connectivity index (χ3n) is 2.45. The van der Waals surface area contributed by atoms with E-state index in [4.69, 9.17) is 0 Å². The standard InChI is InChI=1S/C7H12N2O/c10-7-6-5(1-3-8-6)2-4-9-7/h5-6,8H,1-4H2,(H,9,10)/t5-,6-/m0/s1. The van der Waals surface area contributed by atoms with Crippen LogP contribution in [-0.4, -0.2) is 25.0 Å². The highest BCUT2D eigenvalue weighted by Gasteiger charge is 2.34. The van der Waals surface area contributed by atoms with Crippen molar-refractivity contribution in [1.82, 2.24) is 10.6 Å². The largest absolute Gasteiger partial charge is 0.355 e. The summed E-state index contributed by atoms with van der Waals surface area (Å²) in [6, 6.07) is 0.133. The molecule has 2 saturated heterocycles. The Morgan fingerprint density at radius 1 is 1.30 bits per heavy atom. The minimum absolute atomic E-state index is 0.133. The van der Waals surface area contributed by atoms with E-state index in [1.54, 1.807) is 0 Å². The van der Waals surface area contributed by atoms with Crippen molar-refractivity contribution in [3.05, 3.63) is 0 Å². The highest BCUT2D eigenvalue weighted by Crippen LogP contribution is 2.21. The van der Waals surface area contributed by atoms with Crippen molar-refractivity contribution in [3.63, 3.8) is 0 Å². The molecular formula is C7H12N2O. The maximum absolute atomic E-state index is 11.1. The maximum Gasteiger partial charge on any atom is 0.237 e. The normalized spacial score (nSPS) is 39.0. The molecule has 2 rings (SSSR count). The summed E-state index contributed by atoms with van der Waals surface area (Å²) >= 11 is 0. The number of nitrogens with one attached hydrogen (secondary N) is 2. The zero-order valence-corrected chi connectivity index (χ0v) is 5.89. The predicted octanol–water partition coefficient (Wildman–Crippen LogP) is -0.516. The molecule has 2 fully saturated rings. The van der Waals surface area contributed by atoms with Crippen LogP contribution in [0.5, 0.6) is 0 Å². The Morgan fingerprint density at radius 3 is 2.90 bits per heavy atom. The zero-order valence-electron chi connectivity index (χ0n) is 5.89.